The molecule has 0 aliphatic carbocycles. The van der Waals surface area contributed by atoms with Crippen LogP contribution in [0.15, 0.2) is 67.3 Å². The van der Waals surface area contributed by atoms with Crippen LogP contribution in [0.4, 0.5) is 4.39 Å². The van der Waals surface area contributed by atoms with Crippen molar-refractivity contribution in [3.8, 4) is 22.9 Å². The zero-order valence-corrected chi connectivity index (χ0v) is 19.4. The summed E-state index contributed by atoms with van der Waals surface area (Å²) in [6.45, 7) is 9.21. The summed E-state index contributed by atoms with van der Waals surface area (Å²) in [5.41, 5.74) is 2.51. The van der Waals surface area contributed by atoms with Crippen LogP contribution in [0, 0.1) is 5.82 Å². The third-order valence-electron chi connectivity index (χ3n) is 5.26. The molecule has 3 rings (SSSR count). The van der Waals surface area contributed by atoms with E-state index >= 15 is 0 Å². The van der Waals surface area contributed by atoms with E-state index in [2.05, 4.69) is 25.3 Å². The Kier molecular flexibility index (Phi) is 8.77. The molecule has 0 saturated heterocycles. The number of aliphatic hydroxyl groups is 1. The van der Waals surface area contributed by atoms with E-state index in [1.807, 2.05) is 30.3 Å². The average molecular weight is 454 g/mol. The molecule has 1 N–H and O–H groups in total. The van der Waals surface area contributed by atoms with Crippen LogP contribution in [0.5, 0.6) is 11.6 Å². The molecule has 176 valence electrons. The van der Waals surface area contributed by atoms with Crippen molar-refractivity contribution in [1.29, 1.82) is 0 Å². The highest BCUT2D eigenvalue weighted by atomic mass is 19.1. The number of aryl methyl sites for hydroxylation is 1. The summed E-state index contributed by atoms with van der Waals surface area (Å²) in [6, 6.07) is 16.3. The van der Waals surface area contributed by atoms with Gasteiger partial charge in [0.2, 0.25) is 5.88 Å². The predicted octanol–water partition coefficient (Wildman–Crippen LogP) is 4.79. The van der Waals surface area contributed by atoms with Crippen molar-refractivity contribution in [2.45, 2.75) is 32.5 Å². The topological polar surface area (TPSA) is 59.8 Å². The lowest BCUT2D eigenvalue weighted by Gasteiger charge is -2.29. The summed E-state index contributed by atoms with van der Waals surface area (Å²) in [6.07, 6.45) is 0.987. The summed E-state index contributed by atoms with van der Waals surface area (Å²) in [5, 5.41) is 15.2. The zero-order chi connectivity index (χ0) is 23.8. The van der Waals surface area contributed by atoms with E-state index in [1.54, 1.807) is 36.0 Å². The number of benzene rings is 2. The molecule has 0 amide bonds. The minimum atomic E-state index is -0.667. The van der Waals surface area contributed by atoms with Crippen LogP contribution in [-0.4, -0.2) is 51.7 Å². The van der Waals surface area contributed by atoms with Crippen molar-refractivity contribution in [3.05, 3.63) is 78.6 Å². The Labute approximate surface area is 194 Å². The molecule has 0 aliphatic rings. The first-order chi connectivity index (χ1) is 15.9. The lowest BCUT2D eigenvalue weighted by atomic mass is 10.1. The van der Waals surface area contributed by atoms with Gasteiger partial charge in [-0.3, -0.25) is 4.90 Å². The van der Waals surface area contributed by atoms with E-state index < -0.39 is 11.9 Å². The average Bonchev–Trinajstić information content (AvgIpc) is 3.10. The molecule has 0 spiro atoms. The van der Waals surface area contributed by atoms with Gasteiger partial charge in [-0.15, -0.1) is 6.58 Å². The standard InChI is InChI=1S/C26H32FN3O3/c1-5-15-32-18-21(31)16-30(19(2)3)17-22-25(20-11-7-6-8-12-20)28-29(4)26(22)33-24-14-10-9-13-23(24)27/h5-14,19,21,31H,1,15-18H2,2-4H3. The zero-order valence-electron chi connectivity index (χ0n) is 19.4. The Morgan fingerprint density at radius 1 is 1.15 bits per heavy atom. The Balaban J connectivity index is 1.96. The predicted molar refractivity (Wildman–Crippen MR) is 128 cm³/mol. The van der Waals surface area contributed by atoms with Gasteiger partial charge in [-0.2, -0.15) is 5.10 Å². The number of aliphatic hydroxyl groups excluding tert-OH is 1. The fourth-order valence-electron chi connectivity index (χ4n) is 3.55. The van der Waals surface area contributed by atoms with E-state index in [4.69, 9.17) is 14.6 Å². The minimum Gasteiger partial charge on any atom is -0.436 e. The van der Waals surface area contributed by atoms with Gasteiger partial charge in [0.1, 0.15) is 5.69 Å². The van der Waals surface area contributed by atoms with Crippen molar-refractivity contribution in [1.82, 2.24) is 14.7 Å². The van der Waals surface area contributed by atoms with Crippen LogP contribution in [0.1, 0.15) is 19.4 Å². The van der Waals surface area contributed by atoms with E-state index in [1.165, 1.54) is 6.07 Å². The van der Waals surface area contributed by atoms with Gasteiger partial charge in [0.15, 0.2) is 11.6 Å². The van der Waals surface area contributed by atoms with E-state index in [9.17, 15) is 9.50 Å². The third kappa shape index (κ3) is 6.51. The van der Waals surface area contributed by atoms with Crippen molar-refractivity contribution in [3.63, 3.8) is 0 Å². The molecule has 3 aromatic rings. The highest BCUT2D eigenvalue weighted by Crippen LogP contribution is 2.35. The van der Waals surface area contributed by atoms with Crippen molar-refractivity contribution in [2.75, 3.05) is 19.8 Å². The number of nitrogens with zero attached hydrogens (tertiary/aromatic N) is 3. The highest BCUT2D eigenvalue weighted by Gasteiger charge is 2.25. The SMILES string of the molecule is C=CCOCC(O)CN(Cc1c(-c2ccccc2)nn(C)c1Oc1ccccc1F)C(C)C. The number of halogens is 1. The number of rotatable bonds is 12. The molecular weight excluding hydrogens is 421 g/mol. The van der Waals surface area contributed by atoms with Crippen LogP contribution < -0.4 is 4.74 Å². The number of para-hydroxylation sites is 1. The summed E-state index contributed by atoms with van der Waals surface area (Å²) in [5.74, 6) is 0.152. The molecule has 1 heterocycles. The molecule has 1 aromatic heterocycles. The Morgan fingerprint density at radius 3 is 2.52 bits per heavy atom. The van der Waals surface area contributed by atoms with E-state index in [0.717, 1.165) is 16.8 Å². The fraction of sp³-hybridized carbons (Fsp3) is 0.346. The number of hydrogen-bond donors (Lipinski definition) is 1. The quantitative estimate of drug-likeness (QED) is 0.316. The second-order valence-corrected chi connectivity index (χ2v) is 8.16. The molecule has 6 nitrogen and oxygen atoms in total. The van der Waals surface area contributed by atoms with Crippen molar-refractivity contribution < 1.29 is 19.0 Å². The van der Waals surface area contributed by atoms with Gasteiger partial charge in [-0.05, 0) is 26.0 Å². The van der Waals surface area contributed by atoms with Crippen LogP contribution in [0.2, 0.25) is 0 Å². The second-order valence-electron chi connectivity index (χ2n) is 8.16. The minimum absolute atomic E-state index is 0.129. The Hall–Kier alpha value is -3.00. The van der Waals surface area contributed by atoms with Crippen LogP contribution in [-0.2, 0) is 18.3 Å². The molecule has 7 heteroatoms. The summed E-state index contributed by atoms with van der Waals surface area (Å²) >= 11 is 0. The first kappa shape index (κ1) is 24.6. The monoisotopic (exact) mass is 453 g/mol. The van der Waals surface area contributed by atoms with E-state index in [0.29, 0.717) is 25.6 Å². The van der Waals surface area contributed by atoms with Crippen LogP contribution >= 0.6 is 0 Å². The first-order valence-corrected chi connectivity index (χ1v) is 11.0. The van der Waals surface area contributed by atoms with Gasteiger partial charge in [-0.25, -0.2) is 9.07 Å². The normalized spacial score (nSPS) is 12.3. The second kappa shape index (κ2) is 11.7. The summed E-state index contributed by atoms with van der Waals surface area (Å²) in [7, 11) is 1.78. The van der Waals surface area contributed by atoms with Gasteiger partial charge in [0, 0.05) is 31.7 Å². The molecule has 1 unspecified atom stereocenters. The third-order valence-corrected chi connectivity index (χ3v) is 5.26. The fourth-order valence-corrected chi connectivity index (χ4v) is 3.55. The summed E-state index contributed by atoms with van der Waals surface area (Å²) in [4.78, 5) is 2.12. The Bertz CT molecular complexity index is 1040. The molecule has 0 saturated carbocycles. The number of hydrogen-bond acceptors (Lipinski definition) is 5. The maximum absolute atomic E-state index is 14.4. The lowest BCUT2D eigenvalue weighted by molar-refractivity contribution is 0.0177. The van der Waals surface area contributed by atoms with Gasteiger partial charge in [0.05, 0.1) is 24.9 Å². The number of aromatic nitrogens is 2. The lowest BCUT2D eigenvalue weighted by Crippen LogP contribution is -2.39. The molecule has 0 radical (unpaired) electrons. The largest absolute Gasteiger partial charge is 0.436 e. The van der Waals surface area contributed by atoms with Crippen molar-refractivity contribution >= 4 is 0 Å². The van der Waals surface area contributed by atoms with Crippen molar-refractivity contribution in [2.24, 2.45) is 7.05 Å². The molecular formula is C26H32FN3O3. The smallest absolute Gasteiger partial charge is 0.222 e. The van der Waals surface area contributed by atoms with Gasteiger partial charge in [0.25, 0.3) is 0 Å². The van der Waals surface area contributed by atoms with Gasteiger partial charge < -0.3 is 14.6 Å². The molecule has 1 atom stereocenters. The summed E-state index contributed by atoms with van der Waals surface area (Å²) < 4.78 is 27.4. The molecule has 2 aromatic carbocycles. The maximum Gasteiger partial charge on any atom is 0.222 e. The van der Waals surface area contributed by atoms with Crippen LogP contribution in [0.25, 0.3) is 11.3 Å². The Morgan fingerprint density at radius 2 is 1.85 bits per heavy atom. The molecule has 0 aliphatic heterocycles. The van der Waals surface area contributed by atoms with Gasteiger partial charge >= 0.3 is 0 Å². The molecule has 0 bridgehead atoms. The van der Waals surface area contributed by atoms with E-state index in [-0.39, 0.29) is 18.4 Å². The molecule has 33 heavy (non-hydrogen) atoms. The van der Waals surface area contributed by atoms with Crippen LogP contribution in [0.3, 0.4) is 0 Å². The first-order valence-electron chi connectivity index (χ1n) is 11.0. The maximum atomic E-state index is 14.4. The molecule has 0 fully saturated rings. The highest BCUT2D eigenvalue weighted by molar-refractivity contribution is 5.65. The number of ether oxygens (including phenoxy) is 2. The van der Waals surface area contributed by atoms with Gasteiger partial charge in [-0.1, -0.05) is 48.5 Å².